The van der Waals surface area contributed by atoms with Crippen LogP contribution in [0.1, 0.15) is 152 Å². The van der Waals surface area contributed by atoms with Crippen molar-refractivity contribution in [3.63, 3.8) is 0 Å². The van der Waals surface area contributed by atoms with Gasteiger partial charge in [-0.05, 0) is 83.6 Å². The molecule has 0 atom stereocenters. The zero-order valence-electron chi connectivity index (χ0n) is 32.7. The SMILES string of the molecule is CCCCCCCCCCCOc1ccc(/C=C/c2ccncc2)cc1.CCCCCCCCCCCOc1ccc(/C=C/c2ccncc2)cc1.[Ag+]. The number of benzene rings is 2. The fourth-order valence-corrected chi connectivity index (χ4v) is 5.89. The summed E-state index contributed by atoms with van der Waals surface area (Å²) in [5, 5.41) is 0. The fourth-order valence-electron chi connectivity index (χ4n) is 5.89. The molecule has 0 aliphatic rings. The maximum absolute atomic E-state index is 5.85. The van der Waals surface area contributed by atoms with Gasteiger partial charge in [0.15, 0.2) is 0 Å². The molecular formula is C48H66AgN2O2+. The standard InChI is InChI=1S/2C24H33NO.Ag/c2*1-2-3-4-5-6-7-8-9-10-21-26-24-15-13-22(14-16-24)11-12-23-17-19-25-20-18-23;/h2*11-20H,2-10,21H2,1H3;/q;;+1/b2*12-11+;. The van der Waals surface area contributed by atoms with Crippen LogP contribution in [0.5, 0.6) is 11.5 Å². The van der Waals surface area contributed by atoms with Crippen molar-refractivity contribution < 1.29 is 31.9 Å². The predicted molar refractivity (Wildman–Crippen MR) is 225 cm³/mol. The third-order valence-corrected chi connectivity index (χ3v) is 9.14. The Bertz CT molecular complexity index is 1330. The Morgan fingerprint density at radius 1 is 0.358 bits per heavy atom. The molecule has 0 fully saturated rings. The first-order chi connectivity index (χ1) is 25.8. The summed E-state index contributed by atoms with van der Waals surface area (Å²) in [6, 6.07) is 24.6. The van der Waals surface area contributed by atoms with Crippen LogP contribution in [0, 0.1) is 0 Å². The summed E-state index contributed by atoms with van der Waals surface area (Å²) in [5.74, 6) is 1.93. The summed E-state index contributed by atoms with van der Waals surface area (Å²) in [6.07, 6.45) is 39.8. The van der Waals surface area contributed by atoms with Gasteiger partial charge >= 0.3 is 22.4 Å². The van der Waals surface area contributed by atoms with Crippen LogP contribution in [0.3, 0.4) is 0 Å². The molecule has 2 aromatic carbocycles. The third kappa shape index (κ3) is 23.8. The molecule has 0 unspecified atom stereocenters. The van der Waals surface area contributed by atoms with Crippen molar-refractivity contribution in [3.05, 3.63) is 120 Å². The second-order valence-electron chi connectivity index (χ2n) is 13.7. The average molecular weight is 811 g/mol. The van der Waals surface area contributed by atoms with E-state index in [1.165, 1.54) is 114 Å². The molecule has 4 rings (SSSR count). The predicted octanol–water partition coefficient (Wildman–Crippen LogP) is 14.3. The molecule has 4 nitrogen and oxygen atoms in total. The Kier molecular flexibility index (Phi) is 27.6. The van der Waals surface area contributed by atoms with E-state index in [0.717, 1.165) is 48.7 Å². The van der Waals surface area contributed by atoms with E-state index in [1.807, 2.05) is 49.1 Å². The molecule has 0 spiro atoms. The van der Waals surface area contributed by atoms with Crippen molar-refractivity contribution in [2.75, 3.05) is 13.2 Å². The molecule has 2 aromatic heterocycles. The Morgan fingerprint density at radius 2 is 0.623 bits per heavy atom. The number of rotatable bonds is 26. The molecule has 0 aliphatic heterocycles. The Balaban J connectivity index is 0.000000360. The van der Waals surface area contributed by atoms with Gasteiger partial charge in [-0.25, -0.2) is 0 Å². The summed E-state index contributed by atoms with van der Waals surface area (Å²) in [6.45, 7) is 6.18. The van der Waals surface area contributed by atoms with Crippen LogP contribution in [0.15, 0.2) is 97.6 Å². The number of ether oxygens (including phenoxy) is 2. The van der Waals surface area contributed by atoms with E-state index in [4.69, 9.17) is 9.47 Å². The van der Waals surface area contributed by atoms with Crippen molar-refractivity contribution in [2.45, 2.75) is 129 Å². The average Bonchev–Trinajstić information content (AvgIpc) is 3.19. The van der Waals surface area contributed by atoms with Crippen molar-refractivity contribution in [3.8, 4) is 11.5 Å². The van der Waals surface area contributed by atoms with Gasteiger partial charge in [0.1, 0.15) is 11.5 Å². The first-order valence-corrected chi connectivity index (χ1v) is 20.4. The normalized spacial score (nSPS) is 10.9. The number of unbranched alkanes of at least 4 members (excludes halogenated alkanes) is 16. The zero-order valence-corrected chi connectivity index (χ0v) is 34.2. The zero-order chi connectivity index (χ0) is 36.6. The minimum absolute atomic E-state index is 0. The van der Waals surface area contributed by atoms with Gasteiger partial charge in [-0.1, -0.05) is 165 Å². The molecule has 0 amide bonds. The number of hydrogen-bond acceptors (Lipinski definition) is 4. The third-order valence-electron chi connectivity index (χ3n) is 9.14. The molecule has 0 aliphatic carbocycles. The van der Waals surface area contributed by atoms with Gasteiger partial charge in [0.25, 0.3) is 0 Å². The van der Waals surface area contributed by atoms with Crippen LogP contribution < -0.4 is 9.47 Å². The smallest absolute Gasteiger partial charge is 0.494 e. The number of hydrogen-bond donors (Lipinski definition) is 0. The quantitative estimate of drug-likeness (QED) is 0.0468. The van der Waals surface area contributed by atoms with Crippen molar-refractivity contribution in [1.29, 1.82) is 0 Å². The van der Waals surface area contributed by atoms with E-state index in [9.17, 15) is 0 Å². The maximum atomic E-state index is 5.85. The van der Waals surface area contributed by atoms with Gasteiger partial charge in [0.05, 0.1) is 13.2 Å². The second kappa shape index (κ2) is 32.0. The van der Waals surface area contributed by atoms with Gasteiger partial charge in [-0.15, -0.1) is 0 Å². The molecule has 0 bridgehead atoms. The fraction of sp³-hybridized carbons (Fsp3) is 0.458. The van der Waals surface area contributed by atoms with Crippen LogP contribution in [0.25, 0.3) is 24.3 Å². The van der Waals surface area contributed by atoms with Gasteiger partial charge in [-0.2, -0.15) is 0 Å². The van der Waals surface area contributed by atoms with Crippen molar-refractivity contribution in [1.82, 2.24) is 9.97 Å². The van der Waals surface area contributed by atoms with Crippen LogP contribution in [-0.2, 0) is 22.4 Å². The number of pyridine rings is 2. The summed E-state index contributed by atoms with van der Waals surface area (Å²) in [5.41, 5.74) is 4.67. The molecule has 290 valence electrons. The first-order valence-electron chi connectivity index (χ1n) is 20.4. The molecule has 0 saturated heterocycles. The van der Waals surface area contributed by atoms with Crippen LogP contribution >= 0.6 is 0 Å². The van der Waals surface area contributed by atoms with E-state index in [1.54, 1.807) is 0 Å². The Labute approximate surface area is 338 Å². The molecule has 0 radical (unpaired) electrons. The van der Waals surface area contributed by atoms with Crippen LogP contribution in [-0.4, -0.2) is 23.2 Å². The largest absolute Gasteiger partial charge is 1.00 e. The summed E-state index contributed by atoms with van der Waals surface area (Å²) < 4.78 is 11.7. The summed E-state index contributed by atoms with van der Waals surface area (Å²) in [7, 11) is 0. The van der Waals surface area contributed by atoms with Gasteiger partial charge in [0.2, 0.25) is 0 Å². The monoisotopic (exact) mass is 809 g/mol. The maximum Gasteiger partial charge on any atom is 1.00 e. The topological polar surface area (TPSA) is 44.2 Å². The van der Waals surface area contributed by atoms with Crippen LogP contribution in [0.4, 0.5) is 0 Å². The minimum atomic E-state index is 0. The molecule has 0 saturated carbocycles. The van der Waals surface area contributed by atoms with Crippen molar-refractivity contribution in [2.24, 2.45) is 0 Å². The van der Waals surface area contributed by atoms with Gasteiger partial charge in [-0.3, -0.25) is 9.97 Å². The molecule has 0 N–H and O–H groups in total. The van der Waals surface area contributed by atoms with E-state index in [2.05, 4.69) is 96.7 Å². The molecule has 5 heteroatoms. The van der Waals surface area contributed by atoms with E-state index >= 15 is 0 Å². The second-order valence-corrected chi connectivity index (χ2v) is 13.7. The van der Waals surface area contributed by atoms with Crippen LogP contribution in [0.2, 0.25) is 0 Å². The molecule has 2 heterocycles. The van der Waals surface area contributed by atoms with E-state index < -0.39 is 0 Å². The van der Waals surface area contributed by atoms with Gasteiger partial charge in [0, 0.05) is 24.8 Å². The summed E-state index contributed by atoms with van der Waals surface area (Å²) >= 11 is 0. The van der Waals surface area contributed by atoms with E-state index in [-0.39, 0.29) is 22.4 Å². The number of aromatic nitrogens is 2. The molecule has 4 aromatic rings. The van der Waals surface area contributed by atoms with Gasteiger partial charge < -0.3 is 9.47 Å². The van der Waals surface area contributed by atoms with E-state index in [0.29, 0.717) is 0 Å². The Hall–Kier alpha value is -3.44. The molecule has 53 heavy (non-hydrogen) atoms. The minimum Gasteiger partial charge on any atom is -0.494 e. The number of nitrogens with zero attached hydrogens (tertiary/aromatic N) is 2. The van der Waals surface area contributed by atoms with Crippen molar-refractivity contribution >= 4 is 24.3 Å². The Morgan fingerprint density at radius 3 is 0.925 bits per heavy atom. The summed E-state index contributed by atoms with van der Waals surface area (Å²) in [4.78, 5) is 8.06. The molecular weight excluding hydrogens is 744 g/mol. The first kappa shape index (κ1) is 45.7.